The molecule has 1 amide bonds. The van der Waals surface area contributed by atoms with Crippen molar-refractivity contribution in [2.24, 2.45) is 0 Å². The molecular formula is C15H18N4O2S. The first kappa shape index (κ1) is 14.8. The smallest absolute Gasteiger partial charge is 0.257 e. The van der Waals surface area contributed by atoms with Gasteiger partial charge in [-0.25, -0.2) is 9.97 Å². The maximum absolute atomic E-state index is 12.4. The Morgan fingerprint density at radius 2 is 2.27 bits per heavy atom. The van der Waals surface area contributed by atoms with Gasteiger partial charge >= 0.3 is 0 Å². The zero-order valence-corrected chi connectivity index (χ0v) is 13.4. The summed E-state index contributed by atoms with van der Waals surface area (Å²) in [6, 6.07) is 2.03. The zero-order chi connectivity index (χ0) is 15.5. The van der Waals surface area contributed by atoms with Crippen LogP contribution in [0.2, 0.25) is 0 Å². The largest absolute Gasteiger partial charge is 0.478 e. The van der Waals surface area contributed by atoms with Crippen LogP contribution in [0.4, 0.5) is 5.82 Å². The van der Waals surface area contributed by atoms with Gasteiger partial charge in [-0.3, -0.25) is 4.79 Å². The van der Waals surface area contributed by atoms with Gasteiger partial charge in [0.05, 0.1) is 18.7 Å². The summed E-state index contributed by atoms with van der Waals surface area (Å²) in [5, 5.41) is 3.81. The van der Waals surface area contributed by atoms with Crippen molar-refractivity contribution in [3.63, 3.8) is 0 Å². The van der Waals surface area contributed by atoms with E-state index in [0.717, 1.165) is 30.9 Å². The molecule has 0 radical (unpaired) electrons. The van der Waals surface area contributed by atoms with Crippen LogP contribution in [-0.2, 0) is 0 Å². The van der Waals surface area contributed by atoms with Crippen LogP contribution in [0.25, 0.3) is 0 Å². The summed E-state index contributed by atoms with van der Waals surface area (Å²) in [5.41, 5.74) is 0.753. The number of thiophene rings is 1. The van der Waals surface area contributed by atoms with E-state index in [1.54, 1.807) is 19.5 Å². The lowest BCUT2D eigenvalue weighted by atomic mass is 10.2. The van der Waals surface area contributed by atoms with Gasteiger partial charge in [-0.05, 0) is 17.9 Å². The normalized spacial score (nSPS) is 17.5. The summed E-state index contributed by atoms with van der Waals surface area (Å²) in [5.74, 6) is 1.33. The van der Waals surface area contributed by atoms with E-state index in [1.807, 2.05) is 28.8 Å². The van der Waals surface area contributed by atoms with Crippen LogP contribution in [0.5, 0.6) is 5.88 Å². The number of hydrogen-bond donors (Lipinski definition) is 0. The number of anilines is 1. The number of carbonyl (C=O) groups excluding carboxylic acids is 1. The SMILES string of the molecule is COc1nccnc1N1CCC(N(C)C(=O)c2ccsc2)C1. The molecule has 1 saturated heterocycles. The van der Waals surface area contributed by atoms with Gasteiger partial charge in [-0.15, -0.1) is 0 Å². The first-order valence-corrected chi connectivity index (χ1v) is 8.04. The van der Waals surface area contributed by atoms with E-state index in [4.69, 9.17) is 4.74 Å². The number of rotatable bonds is 4. The van der Waals surface area contributed by atoms with E-state index in [1.165, 1.54) is 11.3 Å². The maximum Gasteiger partial charge on any atom is 0.257 e. The van der Waals surface area contributed by atoms with Crippen LogP contribution in [0.15, 0.2) is 29.2 Å². The number of carbonyl (C=O) groups is 1. The molecule has 1 aliphatic heterocycles. The molecule has 1 aliphatic rings. The summed E-state index contributed by atoms with van der Waals surface area (Å²) >= 11 is 1.54. The molecule has 0 bridgehead atoms. The second kappa shape index (κ2) is 6.31. The fraction of sp³-hybridized carbons (Fsp3) is 0.400. The van der Waals surface area contributed by atoms with E-state index in [9.17, 15) is 4.79 Å². The fourth-order valence-electron chi connectivity index (χ4n) is 2.68. The molecule has 0 aromatic carbocycles. The maximum atomic E-state index is 12.4. The van der Waals surface area contributed by atoms with Crippen LogP contribution >= 0.6 is 11.3 Å². The molecule has 1 unspecified atom stereocenters. The summed E-state index contributed by atoms with van der Waals surface area (Å²) in [6.07, 6.45) is 4.18. The molecule has 0 saturated carbocycles. The van der Waals surface area contributed by atoms with Crippen LogP contribution in [0, 0.1) is 0 Å². The predicted molar refractivity (Wildman–Crippen MR) is 85.6 cm³/mol. The number of methoxy groups -OCH3 is 1. The molecule has 7 heteroatoms. The molecule has 0 aliphatic carbocycles. The highest BCUT2D eigenvalue weighted by Gasteiger charge is 2.31. The number of hydrogen-bond acceptors (Lipinski definition) is 6. The van der Waals surface area contributed by atoms with E-state index in [2.05, 4.69) is 14.9 Å². The van der Waals surface area contributed by atoms with Gasteiger partial charge < -0.3 is 14.5 Å². The Labute approximate surface area is 133 Å². The van der Waals surface area contributed by atoms with Crippen LogP contribution in [-0.4, -0.2) is 54.1 Å². The first-order valence-electron chi connectivity index (χ1n) is 7.10. The molecule has 3 heterocycles. The fourth-order valence-corrected chi connectivity index (χ4v) is 3.31. The molecule has 0 spiro atoms. The summed E-state index contributed by atoms with van der Waals surface area (Å²) in [6.45, 7) is 1.57. The Kier molecular flexibility index (Phi) is 4.24. The Morgan fingerprint density at radius 1 is 1.45 bits per heavy atom. The number of amides is 1. The highest BCUT2D eigenvalue weighted by atomic mass is 32.1. The Hall–Kier alpha value is -2.15. The predicted octanol–water partition coefficient (Wildman–Crippen LogP) is 1.90. The second-order valence-corrected chi connectivity index (χ2v) is 5.99. The number of aromatic nitrogens is 2. The van der Waals surface area contributed by atoms with Gasteiger partial charge in [0.15, 0.2) is 5.82 Å². The van der Waals surface area contributed by atoms with Gasteiger partial charge in [-0.2, -0.15) is 11.3 Å². The lowest BCUT2D eigenvalue weighted by Gasteiger charge is -2.25. The standard InChI is InChI=1S/C15H18N4O2S/c1-18(15(20)11-4-8-22-10-11)12-3-7-19(9-12)13-14(21-2)17-6-5-16-13/h4-6,8,10,12H,3,7,9H2,1-2H3. The molecular weight excluding hydrogens is 300 g/mol. The molecule has 2 aromatic rings. The molecule has 0 N–H and O–H groups in total. The van der Waals surface area contributed by atoms with Crippen molar-refractivity contribution >= 4 is 23.1 Å². The average molecular weight is 318 g/mol. The van der Waals surface area contributed by atoms with Crippen molar-refractivity contribution in [1.29, 1.82) is 0 Å². The van der Waals surface area contributed by atoms with Gasteiger partial charge in [0.1, 0.15) is 0 Å². The highest BCUT2D eigenvalue weighted by Crippen LogP contribution is 2.27. The van der Waals surface area contributed by atoms with E-state index >= 15 is 0 Å². The highest BCUT2D eigenvalue weighted by molar-refractivity contribution is 7.08. The Bertz CT molecular complexity index is 647. The van der Waals surface area contributed by atoms with Crippen molar-refractivity contribution < 1.29 is 9.53 Å². The van der Waals surface area contributed by atoms with Crippen molar-refractivity contribution in [3.8, 4) is 5.88 Å². The van der Waals surface area contributed by atoms with Gasteiger partial charge in [0.25, 0.3) is 11.8 Å². The second-order valence-electron chi connectivity index (χ2n) is 5.21. The number of nitrogens with zero attached hydrogens (tertiary/aromatic N) is 4. The Morgan fingerprint density at radius 3 is 3.00 bits per heavy atom. The molecule has 3 rings (SSSR count). The molecule has 116 valence electrons. The van der Waals surface area contributed by atoms with Crippen LogP contribution < -0.4 is 9.64 Å². The lowest BCUT2D eigenvalue weighted by molar-refractivity contribution is 0.0745. The lowest BCUT2D eigenvalue weighted by Crippen LogP contribution is -2.39. The number of likely N-dealkylation sites (N-methyl/N-ethyl adjacent to an activating group) is 1. The third-order valence-corrected chi connectivity index (χ3v) is 4.62. The minimum absolute atomic E-state index is 0.0687. The van der Waals surface area contributed by atoms with Crippen molar-refractivity contribution in [1.82, 2.24) is 14.9 Å². The molecule has 6 nitrogen and oxygen atoms in total. The third-order valence-electron chi connectivity index (χ3n) is 3.94. The van der Waals surface area contributed by atoms with Gasteiger partial charge in [0.2, 0.25) is 0 Å². The third kappa shape index (κ3) is 2.76. The first-order chi connectivity index (χ1) is 10.7. The minimum Gasteiger partial charge on any atom is -0.478 e. The molecule has 2 aromatic heterocycles. The summed E-state index contributed by atoms with van der Waals surface area (Å²) < 4.78 is 5.27. The summed E-state index contributed by atoms with van der Waals surface area (Å²) in [7, 11) is 3.45. The zero-order valence-electron chi connectivity index (χ0n) is 12.6. The molecule has 1 atom stereocenters. The van der Waals surface area contributed by atoms with E-state index in [-0.39, 0.29) is 11.9 Å². The molecule has 1 fully saturated rings. The van der Waals surface area contributed by atoms with Crippen LogP contribution in [0.3, 0.4) is 0 Å². The topological polar surface area (TPSA) is 58.6 Å². The quantitative estimate of drug-likeness (QED) is 0.862. The Balaban J connectivity index is 1.71. The van der Waals surface area contributed by atoms with Gasteiger partial charge in [0, 0.05) is 37.9 Å². The molecule has 22 heavy (non-hydrogen) atoms. The monoisotopic (exact) mass is 318 g/mol. The van der Waals surface area contributed by atoms with E-state index < -0.39 is 0 Å². The number of ether oxygens (including phenoxy) is 1. The van der Waals surface area contributed by atoms with Crippen molar-refractivity contribution in [2.75, 3.05) is 32.1 Å². The minimum atomic E-state index is 0.0687. The average Bonchev–Trinajstić information content (AvgIpc) is 3.24. The van der Waals surface area contributed by atoms with Crippen molar-refractivity contribution in [2.45, 2.75) is 12.5 Å². The van der Waals surface area contributed by atoms with E-state index in [0.29, 0.717) is 5.88 Å². The summed E-state index contributed by atoms with van der Waals surface area (Å²) in [4.78, 5) is 24.9. The van der Waals surface area contributed by atoms with Crippen molar-refractivity contribution in [3.05, 3.63) is 34.8 Å². The van der Waals surface area contributed by atoms with Gasteiger partial charge in [-0.1, -0.05) is 0 Å². The van der Waals surface area contributed by atoms with Crippen LogP contribution in [0.1, 0.15) is 16.8 Å².